The van der Waals surface area contributed by atoms with Crippen LogP contribution in [0.5, 0.6) is 0 Å². The average molecular weight is 613 g/mol. The van der Waals surface area contributed by atoms with Crippen LogP contribution in [0.4, 0.5) is 46.2 Å². The molecule has 6 rings (SSSR count). The number of hydrogen-bond donors (Lipinski definition) is 2. The van der Waals surface area contributed by atoms with E-state index in [4.69, 9.17) is 4.98 Å². The Morgan fingerprint density at radius 2 is 1.14 bits per heavy atom. The molecular weight excluding hydrogens is 590 g/mol. The van der Waals surface area contributed by atoms with Gasteiger partial charge in [-0.2, -0.15) is 23.4 Å². The van der Waals surface area contributed by atoms with Crippen molar-refractivity contribution in [3.05, 3.63) is 119 Å². The maximum absolute atomic E-state index is 13.1. The SMILES string of the molecule is Cc1cccc(Nc2nc(-c3cccc(N=Nc4cccc(-c5csc(Nc6cccc(C(F)(F)F)c6)n5)c4)c3)cs2)c1. The van der Waals surface area contributed by atoms with Crippen molar-refractivity contribution in [1.29, 1.82) is 0 Å². The number of benzene rings is 4. The second kappa shape index (κ2) is 12.2. The zero-order valence-electron chi connectivity index (χ0n) is 22.6. The molecule has 2 N–H and O–H groups in total. The van der Waals surface area contributed by atoms with Crippen LogP contribution in [0.15, 0.2) is 118 Å². The van der Waals surface area contributed by atoms with Crippen molar-refractivity contribution in [2.75, 3.05) is 10.6 Å². The third-order valence-electron chi connectivity index (χ3n) is 6.28. The quantitative estimate of drug-likeness (QED) is 0.168. The Hall–Kier alpha value is -4.87. The highest BCUT2D eigenvalue weighted by Crippen LogP contribution is 2.34. The van der Waals surface area contributed by atoms with E-state index < -0.39 is 11.7 Å². The molecule has 2 heterocycles. The lowest BCUT2D eigenvalue weighted by Crippen LogP contribution is -2.05. The smallest absolute Gasteiger partial charge is 0.332 e. The predicted molar refractivity (Wildman–Crippen MR) is 168 cm³/mol. The molecule has 0 amide bonds. The monoisotopic (exact) mass is 612 g/mol. The van der Waals surface area contributed by atoms with E-state index in [1.807, 2.05) is 71.4 Å². The van der Waals surface area contributed by atoms with E-state index in [0.29, 0.717) is 27.9 Å². The fraction of sp³-hybridized carbons (Fsp3) is 0.0625. The lowest BCUT2D eigenvalue weighted by atomic mass is 10.1. The molecule has 214 valence electrons. The highest BCUT2D eigenvalue weighted by atomic mass is 32.1. The largest absolute Gasteiger partial charge is 0.416 e. The third-order valence-corrected chi connectivity index (χ3v) is 7.80. The molecule has 0 aliphatic heterocycles. The van der Waals surface area contributed by atoms with Crippen molar-refractivity contribution < 1.29 is 13.2 Å². The Balaban J connectivity index is 1.14. The molecule has 0 fully saturated rings. The molecule has 4 aromatic carbocycles. The second-order valence-electron chi connectivity index (χ2n) is 9.57. The van der Waals surface area contributed by atoms with E-state index >= 15 is 0 Å². The van der Waals surface area contributed by atoms with E-state index in [-0.39, 0.29) is 0 Å². The fourth-order valence-electron chi connectivity index (χ4n) is 4.24. The summed E-state index contributed by atoms with van der Waals surface area (Å²) >= 11 is 2.84. The van der Waals surface area contributed by atoms with Crippen molar-refractivity contribution in [2.24, 2.45) is 10.2 Å². The fourth-order valence-corrected chi connectivity index (χ4v) is 5.72. The molecule has 6 aromatic rings. The van der Waals surface area contributed by atoms with Gasteiger partial charge < -0.3 is 10.6 Å². The van der Waals surface area contributed by atoms with Crippen molar-refractivity contribution in [3.63, 3.8) is 0 Å². The van der Waals surface area contributed by atoms with Gasteiger partial charge in [-0.05, 0) is 67.1 Å². The van der Waals surface area contributed by atoms with Crippen LogP contribution in [-0.4, -0.2) is 9.97 Å². The molecule has 0 aliphatic carbocycles. The zero-order chi connectivity index (χ0) is 29.8. The summed E-state index contributed by atoms with van der Waals surface area (Å²) in [6.07, 6.45) is -4.41. The van der Waals surface area contributed by atoms with Gasteiger partial charge in [0.2, 0.25) is 0 Å². The summed E-state index contributed by atoms with van der Waals surface area (Å²) in [6, 6.07) is 28.3. The summed E-state index contributed by atoms with van der Waals surface area (Å²) in [7, 11) is 0. The number of anilines is 4. The van der Waals surface area contributed by atoms with Gasteiger partial charge in [0, 0.05) is 33.3 Å². The van der Waals surface area contributed by atoms with Gasteiger partial charge in [-0.25, -0.2) is 9.97 Å². The predicted octanol–water partition coefficient (Wildman–Crippen LogP) is 11.2. The molecule has 0 radical (unpaired) electrons. The number of nitrogens with zero attached hydrogens (tertiary/aromatic N) is 4. The standard InChI is InChI=1S/C32H23F3N6S2/c1-20-6-2-10-24(14-20)36-30-38-28(18-42-30)21-7-3-12-26(15-21)40-41-27-13-4-8-22(16-27)29-19-43-31(39-29)37-25-11-5-9-23(17-25)32(33,34)35/h2-19H,1H3,(H,36,38)(H,37,39). The summed E-state index contributed by atoms with van der Waals surface area (Å²) in [6.45, 7) is 2.05. The zero-order valence-corrected chi connectivity index (χ0v) is 24.3. The molecule has 0 bridgehead atoms. The number of halogens is 3. The van der Waals surface area contributed by atoms with Crippen LogP contribution in [0, 0.1) is 6.92 Å². The summed E-state index contributed by atoms with van der Waals surface area (Å²) in [5.41, 5.74) is 6.36. The molecule has 43 heavy (non-hydrogen) atoms. The van der Waals surface area contributed by atoms with Crippen molar-refractivity contribution in [3.8, 4) is 22.5 Å². The Kier molecular flexibility index (Phi) is 7.99. The van der Waals surface area contributed by atoms with Gasteiger partial charge >= 0.3 is 6.18 Å². The lowest BCUT2D eigenvalue weighted by molar-refractivity contribution is -0.137. The van der Waals surface area contributed by atoms with E-state index in [0.717, 1.165) is 39.8 Å². The van der Waals surface area contributed by atoms with Crippen LogP contribution in [0.25, 0.3) is 22.5 Å². The summed E-state index contributed by atoms with van der Waals surface area (Å²) in [4.78, 5) is 9.27. The molecule has 0 aliphatic rings. The number of aromatic nitrogens is 2. The maximum atomic E-state index is 13.1. The van der Waals surface area contributed by atoms with Crippen molar-refractivity contribution >= 4 is 55.7 Å². The van der Waals surface area contributed by atoms with E-state index in [1.54, 1.807) is 6.07 Å². The molecule has 6 nitrogen and oxygen atoms in total. The lowest BCUT2D eigenvalue weighted by Gasteiger charge is -2.08. The van der Waals surface area contributed by atoms with Crippen LogP contribution < -0.4 is 10.6 Å². The summed E-state index contributed by atoms with van der Waals surface area (Å²) in [5, 5.41) is 20.3. The first-order valence-corrected chi connectivity index (χ1v) is 14.9. The van der Waals surface area contributed by atoms with Crippen molar-refractivity contribution in [2.45, 2.75) is 13.1 Å². The Labute approximate surface area is 253 Å². The van der Waals surface area contributed by atoms with E-state index in [1.165, 1.54) is 34.3 Å². The molecule has 11 heteroatoms. The first-order chi connectivity index (χ1) is 20.8. The highest BCUT2D eigenvalue weighted by molar-refractivity contribution is 7.14. The minimum Gasteiger partial charge on any atom is -0.332 e. The number of azo groups is 1. The average Bonchev–Trinajstić information content (AvgIpc) is 3.66. The normalized spacial score (nSPS) is 11.6. The Morgan fingerprint density at radius 1 is 0.628 bits per heavy atom. The van der Waals surface area contributed by atoms with Gasteiger partial charge in [0.1, 0.15) is 0 Å². The molecule has 0 spiro atoms. The molecule has 0 unspecified atom stereocenters. The third kappa shape index (κ3) is 7.14. The minimum absolute atomic E-state index is 0.317. The number of alkyl halides is 3. The topological polar surface area (TPSA) is 74.6 Å². The van der Waals surface area contributed by atoms with Crippen LogP contribution in [-0.2, 0) is 6.18 Å². The highest BCUT2D eigenvalue weighted by Gasteiger charge is 2.30. The van der Waals surface area contributed by atoms with Gasteiger partial charge in [-0.1, -0.05) is 42.5 Å². The van der Waals surface area contributed by atoms with Gasteiger partial charge in [0.05, 0.1) is 28.3 Å². The van der Waals surface area contributed by atoms with Gasteiger partial charge in [-0.3, -0.25) is 0 Å². The molecular formula is C32H23F3N6S2. The first-order valence-electron chi connectivity index (χ1n) is 13.1. The van der Waals surface area contributed by atoms with Gasteiger partial charge in [0.15, 0.2) is 10.3 Å². The molecule has 2 aromatic heterocycles. The number of aryl methyl sites for hydroxylation is 1. The van der Waals surface area contributed by atoms with Gasteiger partial charge in [-0.15, -0.1) is 22.7 Å². The second-order valence-corrected chi connectivity index (χ2v) is 11.3. The Bertz CT molecular complexity index is 1910. The van der Waals surface area contributed by atoms with Crippen LogP contribution >= 0.6 is 22.7 Å². The first kappa shape index (κ1) is 28.3. The van der Waals surface area contributed by atoms with Crippen LogP contribution in [0.3, 0.4) is 0 Å². The number of hydrogen-bond acceptors (Lipinski definition) is 8. The molecule has 0 saturated heterocycles. The van der Waals surface area contributed by atoms with Crippen molar-refractivity contribution in [1.82, 2.24) is 9.97 Å². The Morgan fingerprint density at radius 3 is 1.67 bits per heavy atom. The van der Waals surface area contributed by atoms with Crippen LogP contribution in [0.1, 0.15) is 11.1 Å². The molecule has 0 atom stereocenters. The number of thiazole rings is 2. The molecule has 0 saturated carbocycles. The van der Waals surface area contributed by atoms with E-state index in [9.17, 15) is 13.2 Å². The van der Waals surface area contributed by atoms with Gasteiger partial charge in [0.25, 0.3) is 0 Å². The maximum Gasteiger partial charge on any atom is 0.416 e. The van der Waals surface area contributed by atoms with E-state index in [2.05, 4.69) is 44.9 Å². The summed E-state index contributed by atoms with van der Waals surface area (Å²) in [5.74, 6) is 0. The summed E-state index contributed by atoms with van der Waals surface area (Å²) < 4.78 is 39.2. The number of rotatable bonds is 8. The van der Waals surface area contributed by atoms with Crippen LogP contribution in [0.2, 0.25) is 0 Å². The number of nitrogens with one attached hydrogen (secondary N) is 2. The minimum atomic E-state index is -4.41.